The van der Waals surface area contributed by atoms with Crippen LogP contribution in [0.4, 0.5) is 17.1 Å². The molecule has 11 aromatic rings. The lowest BCUT2D eigenvalue weighted by Crippen LogP contribution is -2.25. The first-order chi connectivity index (χ1) is 30.8. The zero-order valence-electron chi connectivity index (χ0n) is 34.0. The largest absolute Gasteiger partial charge is 0.310 e. The zero-order valence-corrected chi connectivity index (χ0v) is 34.0. The number of benzene rings is 11. The number of anilines is 3. The lowest BCUT2D eigenvalue weighted by atomic mass is 9.70. The first kappa shape index (κ1) is 34.8. The van der Waals surface area contributed by atoms with Crippen LogP contribution in [-0.2, 0) is 5.41 Å². The lowest BCUT2D eigenvalue weighted by molar-refractivity contribution is 0.794. The molecule has 2 aliphatic rings. The molecule has 0 saturated heterocycles. The molecule has 0 N–H and O–H groups in total. The minimum absolute atomic E-state index is 0.405. The monoisotopic (exact) mass is 785 g/mol. The van der Waals surface area contributed by atoms with E-state index in [4.69, 9.17) is 0 Å². The predicted octanol–water partition coefficient (Wildman–Crippen LogP) is 16.3. The molecule has 1 nitrogen and oxygen atoms in total. The third-order valence-electron chi connectivity index (χ3n) is 13.7. The van der Waals surface area contributed by atoms with Gasteiger partial charge in [-0.1, -0.05) is 200 Å². The summed E-state index contributed by atoms with van der Waals surface area (Å²) >= 11 is 0. The summed E-state index contributed by atoms with van der Waals surface area (Å²) in [4.78, 5) is 2.50. The highest BCUT2D eigenvalue weighted by atomic mass is 15.1. The Balaban J connectivity index is 1.10. The van der Waals surface area contributed by atoms with Gasteiger partial charge in [0.15, 0.2) is 0 Å². The molecular formula is C61H39N. The first-order valence-corrected chi connectivity index (χ1v) is 21.6. The van der Waals surface area contributed by atoms with Crippen LogP contribution in [0.5, 0.6) is 0 Å². The summed E-state index contributed by atoms with van der Waals surface area (Å²) < 4.78 is 0. The highest BCUT2D eigenvalue weighted by Gasteiger charge is 2.51. The van der Waals surface area contributed by atoms with Crippen LogP contribution in [0.3, 0.4) is 0 Å². The fourth-order valence-corrected chi connectivity index (χ4v) is 11.1. The molecule has 288 valence electrons. The van der Waals surface area contributed by atoms with Gasteiger partial charge in [-0.05, 0) is 130 Å². The molecule has 11 aromatic carbocycles. The summed E-state index contributed by atoms with van der Waals surface area (Å²) in [6.07, 6.45) is 0. The SMILES string of the molecule is c1ccc(-c2ccc(N(c3ccc4c(c3)-c3ccccc3C43c4ccccc4-c4ccccc43)c3ccc4c5ccccc5c5ccccc5c4c3)c(-c3ccccc3)c2)cc1. The van der Waals surface area contributed by atoms with Gasteiger partial charge in [-0.2, -0.15) is 0 Å². The number of nitrogens with zero attached hydrogens (tertiary/aromatic N) is 1. The lowest BCUT2D eigenvalue weighted by Gasteiger charge is -2.32. The number of rotatable bonds is 5. The van der Waals surface area contributed by atoms with E-state index in [2.05, 4.69) is 241 Å². The number of hydrogen-bond donors (Lipinski definition) is 0. The topological polar surface area (TPSA) is 3.24 Å². The third kappa shape index (κ3) is 4.91. The molecule has 0 bridgehead atoms. The van der Waals surface area contributed by atoms with Crippen molar-refractivity contribution in [2.75, 3.05) is 4.90 Å². The highest BCUT2D eigenvalue weighted by molar-refractivity contribution is 6.26. The summed E-state index contributed by atoms with van der Waals surface area (Å²) in [5.74, 6) is 0. The van der Waals surface area contributed by atoms with Crippen molar-refractivity contribution in [2.45, 2.75) is 5.41 Å². The Morgan fingerprint density at radius 1 is 0.242 bits per heavy atom. The van der Waals surface area contributed by atoms with Gasteiger partial charge in [0, 0.05) is 16.9 Å². The smallest absolute Gasteiger partial charge is 0.0725 e. The van der Waals surface area contributed by atoms with Gasteiger partial charge in [0.25, 0.3) is 0 Å². The van der Waals surface area contributed by atoms with Gasteiger partial charge in [-0.25, -0.2) is 0 Å². The van der Waals surface area contributed by atoms with E-state index < -0.39 is 5.41 Å². The molecule has 1 spiro atoms. The van der Waals surface area contributed by atoms with Crippen LogP contribution in [0.15, 0.2) is 237 Å². The highest BCUT2D eigenvalue weighted by Crippen LogP contribution is 2.63. The van der Waals surface area contributed by atoms with Crippen LogP contribution < -0.4 is 4.90 Å². The van der Waals surface area contributed by atoms with Gasteiger partial charge >= 0.3 is 0 Å². The van der Waals surface area contributed by atoms with Crippen LogP contribution in [0.1, 0.15) is 22.3 Å². The van der Waals surface area contributed by atoms with Gasteiger partial charge in [0.05, 0.1) is 11.1 Å². The quantitative estimate of drug-likeness (QED) is 0.157. The summed E-state index contributed by atoms with van der Waals surface area (Å²) in [5, 5.41) is 7.59. The Morgan fingerprint density at radius 2 is 0.677 bits per heavy atom. The van der Waals surface area contributed by atoms with Crippen molar-refractivity contribution in [2.24, 2.45) is 0 Å². The normalized spacial score (nSPS) is 13.0. The molecule has 0 heterocycles. The van der Waals surface area contributed by atoms with Gasteiger partial charge in [-0.3, -0.25) is 0 Å². The van der Waals surface area contributed by atoms with Crippen molar-refractivity contribution in [1.82, 2.24) is 0 Å². The minimum atomic E-state index is -0.405. The van der Waals surface area contributed by atoms with Crippen LogP contribution in [0.2, 0.25) is 0 Å². The second-order valence-electron chi connectivity index (χ2n) is 16.7. The molecule has 0 unspecified atom stereocenters. The summed E-state index contributed by atoms with van der Waals surface area (Å²) in [6.45, 7) is 0. The molecule has 0 fully saturated rings. The van der Waals surface area contributed by atoms with Crippen molar-refractivity contribution < 1.29 is 0 Å². The predicted molar refractivity (Wildman–Crippen MR) is 261 cm³/mol. The fraction of sp³-hybridized carbons (Fsp3) is 0.0164. The summed E-state index contributed by atoms with van der Waals surface area (Å²) in [5.41, 5.74) is 18.3. The second-order valence-corrected chi connectivity index (χ2v) is 16.7. The second kappa shape index (κ2) is 13.5. The van der Waals surface area contributed by atoms with Crippen molar-refractivity contribution >= 4 is 49.4 Å². The van der Waals surface area contributed by atoms with E-state index in [1.54, 1.807) is 0 Å². The summed E-state index contributed by atoms with van der Waals surface area (Å²) in [7, 11) is 0. The van der Waals surface area contributed by atoms with Gasteiger partial charge in [0.1, 0.15) is 0 Å². The van der Waals surface area contributed by atoms with Gasteiger partial charge in [-0.15, -0.1) is 0 Å². The average Bonchev–Trinajstić information content (AvgIpc) is 3.82. The van der Waals surface area contributed by atoms with Crippen molar-refractivity contribution in [3.63, 3.8) is 0 Å². The number of fused-ring (bicyclic) bond motifs is 16. The van der Waals surface area contributed by atoms with E-state index in [-0.39, 0.29) is 0 Å². The molecule has 1 heteroatoms. The Labute approximate surface area is 361 Å². The first-order valence-electron chi connectivity index (χ1n) is 21.6. The molecule has 0 radical (unpaired) electrons. The third-order valence-corrected chi connectivity index (χ3v) is 13.7. The van der Waals surface area contributed by atoms with E-state index >= 15 is 0 Å². The van der Waals surface area contributed by atoms with Crippen molar-refractivity contribution in [3.05, 3.63) is 259 Å². The average molecular weight is 786 g/mol. The zero-order chi connectivity index (χ0) is 40.8. The Hall–Kier alpha value is -8.00. The molecular weight excluding hydrogens is 747 g/mol. The van der Waals surface area contributed by atoms with Gasteiger partial charge in [0.2, 0.25) is 0 Å². The van der Waals surface area contributed by atoms with Gasteiger partial charge < -0.3 is 4.90 Å². The fourth-order valence-electron chi connectivity index (χ4n) is 11.1. The maximum Gasteiger partial charge on any atom is 0.0725 e. The van der Waals surface area contributed by atoms with E-state index in [1.165, 1.54) is 99.1 Å². The van der Waals surface area contributed by atoms with E-state index in [0.717, 1.165) is 17.1 Å². The molecule has 0 atom stereocenters. The van der Waals surface area contributed by atoms with E-state index in [0.29, 0.717) is 0 Å². The molecule has 2 aliphatic carbocycles. The maximum absolute atomic E-state index is 2.50. The van der Waals surface area contributed by atoms with Crippen LogP contribution in [0.25, 0.3) is 76.8 Å². The molecule has 0 aromatic heterocycles. The van der Waals surface area contributed by atoms with E-state index in [1.807, 2.05) is 0 Å². The number of hydrogen-bond acceptors (Lipinski definition) is 1. The van der Waals surface area contributed by atoms with Crippen molar-refractivity contribution in [3.8, 4) is 44.5 Å². The van der Waals surface area contributed by atoms with Crippen molar-refractivity contribution in [1.29, 1.82) is 0 Å². The van der Waals surface area contributed by atoms with Crippen LogP contribution in [0, 0.1) is 0 Å². The van der Waals surface area contributed by atoms with E-state index in [9.17, 15) is 0 Å². The molecule has 0 saturated carbocycles. The Bertz CT molecular complexity index is 3500. The van der Waals surface area contributed by atoms with Crippen LogP contribution >= 0.6 is 0 Å². The molecule has 0 aliphatic heterocycles. The standard InChI is InChI=1S/C61H39N/c1-3-17-40(18-4-1)42-31-36-60(53(37-42)41-19-5-2-6-20-41)62(43-32-34-49-47-23-8-7-21-45(47)46-22-9-10-24-48(46)54(49)38-43)44-33-35-59-55(39-44)52-27-13-16-30-58(52)61(59)56-28-14-11-25-50(56)51-26-12-15-29-57(51)61/h1-39H. The summed E-state index contributed by atoms with van der Waals surface area (Å²) in [6, 6.07) is 87.9. The molecule has 13 rings (SSSR count). The Morgan fingerprint density at radius 3 is 1.27 bits per heavy atom. The molecule has 62 heavy (non-hydrogen) atoms. The Kier molecular flexibility index (Phi) is 7.59. The maximum atomic E-state index is 2.50. The minimum Gasteiger partial charge on any atom is -0.310 e. The molecule has 0 amide bonds. The van der Waals surface area contributed by atoms with Crippen LogP contribution in [-0.4, -0.2) is 0 Å².